The first-order valence-corrected chi connectivity index (χ1v) is 7.30. The molecular formula is C18H20FNO2. The van der Waals surface area contributed by atoms with Crippen LogP contribution in [0, 0.1) is 19.7 Å². The number of rotatable bonds is 5. The summed E-state index contributed by atoms with van der Waals surface area (Å²) in [5.74, 6) is -0.0606. The summed E-state index contributed by atoms with van der Waals surface area (Å²) in [5.41, 5.74) is 2.82. The zero-order valence-electron chi connectivity index (χ0n) is 13.0. The van der Waals surface area contributed by atoms with Crippen molar-refractivity contribution in [3.05, 3.63) is 59.4 Å². The van der Waals surface area contributed by atoms with E-state index in [0.717, 1.165) is 16.8 Å². The summed E-state index contributed by atoms with van der Waals surface area (Å²) in [4.78, 5) is 12.4. The van der Waals surface area contributed by atoms with Crippen molar-refractivity contribution in [1.82, 2.24) is 0 Å². The standard InChI is InChI=1S/C18H20FNO2/c1-4-16(22-15-10-8-14(19)9-11-15)18(21)20-17-12(2)6-5-7-13(17)3/h5-11,16H,4H2,1-3H3,(H,20,21)/t16-/m1/s1. The lowest BCUT2D eigenvalue weighted by Crippen LogP contribution is -2.32. The predicted octanol–water partition coefficient (Wildman–Crippen LogP) is 4.24. The first-order valence-electron chi connectivity index (χ1n) is 7.30. The van der Waals surface area contributed by atoms with E-state index in [1.807, 2.05) is 39.0 Å². The lowest BCUT2D eigenvalue weighted by atomic mass is 10.1. The molecule has 0 saturated carbocycles. The Labute approximate surface area is 130 Å². The number of ether oxygens (including phenoxy) is 1. The largest absolute Gasteiger partial charge is 0.481 e. The third-order valence-corrected chi connectivity index (χ3v) is 3.48. The average Bonchev–Trinajstić information content (AvgIpc) is 2.50. The molecule has 0 bridgehead atoms. The van der Waals surface area contributed by atoms with E-state index < -0.39 is 6.10 Å². The second-order valence-corrected chi connectivity index (χ2v) is 5.22. The molecule has 0 aliphatic heterocycles. The van der Waals surface area contributed by atoms with Crippen molar-refractivity contribution < 1.29 is 13.9 Å². The van der Waals surface area contributed by atoms with Gasteiger partial charge < -0.3 is 10.1 Å². The maximum atomic E-state index is 12.9. The van der Waals surface area contributed by atoms with Crippen LogP contribution < -0.4 is 10.1 Å². The van der Waals surface area contributed by atoms with Crippen molar-refractivity contribution >= 4 is 11.6 Å². The van der Waals surface area contributed by atoms with Gasteiger partial charge in [0.1, 0.15) is 11.6 Å². The van der Waals surface area contributed by atoms with Gasteiger partial charge in [-0.3, -0.25) is 4.79 Å². The van der Waals surface area contributed by atoms with Gasteiger partial charge in [0.05, 0.1) is 0 Å². The van der Waals surface area contributed by atoms with Crippen molar-refractivity contribution in [3.63, 3.8) is 0 Å². The Hall–Kier alpha value is -2.36. The van der Waals surface area contributed by atoms with Gasteiger partial charge in [-0.25, -0.2) is 4.39 Å². The van der Waals surface area contributed by atoms with Gasteiger partial charge in [-0.1, -0.05) is 25.1 Å². The second-order valence-electron chi connectivity index (χ2n) is 5.22. The Morgan fingerprint density at radius 2 is 1.73 bits per heavy atom. The van der Waals surface area contributed by atoms with Gasteiger partial charge in [0.2, 0.25) is 0 Å². The first-order chi connectivity index (χ1) is 10.5. The number of hydrogen-bond acceptors (Lipinski definition) is 2. The highest BCUT2D eigenvalue weighted by Gasteiger charge is 2.19. The van der Waals surface area contributed by atoms with E-state index in [2.05, 4.69) is 5.32 Å². The summed E-state index contributed by atoms with van der Waals surface area (Å²) in [5, 5.41) is 2.92. The third-order valence-electron chi connectivity index (χ3n) is 3.48. The zero-order valence-corrected chi connectivity index (χ0v) is 13.0. The van der Waals surface area contributed by atoms with Crippen molar-refractivity contribution in [2.45, 2.75) is 33.3 Å². The SMILES string of the molecule is CC[C@@H](Oc1ccc(F)cc1)C(=O)Nc1c(C)cccc1C. The number of anilines is 1. The van der Waals surface area contributed by atoms with Crippen molar-refractivity contribution in [2.24, 2.45) is 0 Å². The summed E-state index contributed by atoms with van der Waals surface area (Å²) in [6, 6.07) is 11.5. The van der Waals surface area contributed by atoms with Crippen LogP contribution >= 0.6 is 0 Å². The van der Waals surface area contributed by atoms with Crippen LogP contribution in [0.25, 0.3) is 0 Å². The van der Waals surface area contributed by atoms with Crippen molar-refractivity contribution in [2.75, 3.05) is 5.32 Å². The number of carbonyl (C=O) groups is 1. The van der Waals surface area contributed by atoms with E-state index in [4.69, 9.17) is 4.74 Å². The Kier molecular flexibility index (Phi) is 5.15. The van der Waals surface area contributed by atoms with E-state index in [1.165, 1.54) is 24.3 Å². The molecule has 0 radical (unpaired) electrons. The third kappa shape index (κ3) is 3.85. The van der Waals surface area contributed by atoms with Crippen LogP contribution in [0.2, 0.25) is 0 Å². The fourth-order valence-corrected chi connectivity index (χ4v) is 2.21. The maximum absolute atomic E-state index is 12.9. The lowest BCUT2D eigenvalue weighted by molar-refractivity contribution is -0.122. The van der Waals surface area contributed by atoms with Gasteiger partial charge in [0, 0.05) is 5.69 Å². The van der Waals surface area contributed by atoms with Crippen LogP contribution in [0.3, 0.4) is 0 Å². The van der Waals surface area contributed by atoms with E-state index >= 15 is 0 Å². The number of aryl methyl sites for hydroxylation is 2. The fourth-order valence-electron chi connectivity index (χ4n) is 2.21. The monoisotopic (exact) mass is 301 g/mol. The minimum absolute atomic E-state index is 0.204. The molecule has 0 fully saturated rings. The van der Waals surface area contributed by atoms with Crippen molar-refractivity contribution in [3.8, 4) is 5.75 Å². The van der Waals surface area contributed by atoms with Crippen molar-refractivity contribution in [1.29, 1.82) is 0 Å². The molecular weight excluding hydrogens is 281 g/mol. The molecule has 2 aromatic carbocycles. The van der Waals surface area contributed by atoms with Gasteiger partial charge in [-0.05, 0) is 55.7 Å². The highest BCUT2D eigenvalue weighted by atomic mass is 19.1. The van der Waals surface area contributed by atoms with Gasteiger partial charge in [-0.15, -0.1) is 0 Å². The van der Waals surface area contributed by atoms with Gasteiger partial charge >= 0.3 is 0 Å². The molecule has 1 atom stereocenters. The van der Waals surface area contributed by atoms with Crippen LogP contribution in [0.1, 0.15) is 24.5 Å². The number of halogens is 1. The highest BCUT2D eigenvalue weighted by molar-refractivity contribution is 5.95. The molecule has 2 rings (SSSR count). The molecule has 4 heteroatoms. The average molecular weight is 301 g/mol. The summed E-state index contributed by atoms with van der Waals surface area (Å²) in [6.45, 7) is 5.77. The second kappa shape index (κ2) is 7.07. The Balaban J connectivity index is 2.10. The van der Waals surface area contributed by atoms with Gasteiger partial charge in [-0.2, -0.15) is 0 Å². The number of amides is 1. The summed E-state index contributed by atoms with van der Waals surface area (Å²) in [6.07, 6.45) is -0.0989. The minimum atomic E-state index is -0.621. The Morgan fingerprint density at radius 1 is 1.14 bits per heavy atom. The van der Waals surface area contributed by atoms with Crippen LogP contribution in [0.5, 0.6) is 5.75 Å². The normalized spacial score (nSPS) is 11.8. The predicted molar refractivity (Wildman–Crippen MR) is 85.7 cm³/mol. The smallest absolute Gasteiger partial charge is 0.265 e. The molecule has 0 unspecified atom stereocenters. The molecule has 0 aliphatic carbocycles. The Morgan fingerprint density at radius 3 is 2.27 bits per heavy atom. The topological polar surface area (TPSA) is 38.3 Å². The lowest BCUT2D eigenvalue weighted by Gasteiger charge is -2.19. The fraction of sp³-hybridized carbons (Fsp3) is 0.278. The van der Waals surface area contributed by atoms with Crippen LogP contribution in [-0.4, -0.2) is 12.0 Å². The molecule has 0 spiro atoms. The van der Waals surface area contributed by atoms with E-state index in [1.54, 1.807) is 0 Å². The van der Waals surface area contributed by atoms with Crippen LogP contribution in [0.15, 0.2) is 42.5 Å². The number of carbonyl (C=O) groups excluding carboxylic acids is 1. The molecule has 116 valence electrons. The van der Waals surface area contributed by atoms with E-state index in [0.29, 0.717) is 12.2 Å². The molecule has 1 N–H and O–H groups in total. The molecule has 22 heavy (non-hydrogen) atoms. The molecule has 1 amide bonds. The summed E-state index contributed by atoms with van der Waals surface area (Å²) < 4.78 is 18.6. The van der Waals surface area contributed by atoms with Gasteiger partial charge in [0.25, 0.3) is 5.91 Å². The number of para-hydroxylation sites is 1. The molecule has 0 aliphatic rings. The quantitative estimate of drug-likeness (QED) is 0.897. The molecule has 3 nitrogen and oxygen atoms in total. The number of hydrogen-bond donors (Lipinski definition) is 1. The Bertz CT molecular complexity index is 632. The highest BCUT2D eigenvalue weighted by Crippen LogP contribution is 2.21. The summed E-state index contributed by atoms with van der Waals surface area (Å²) in [7, 11) is 0. The van der Waals surface area contributed by atoms with Gasteiger partial charge in [0.15, 0.2) is 6.10 Å². The molecule has 0 aromatic heterocycles. The number of nitrogens with one attached hydrogen (secondary N) is 1. The zero-order chi connectivity index (χ0) is 16.1. The maximum Gasteiger partial charge on any atom is 0.265 e. The first kappa shape index (κ1) is 16.0. The van der Waals surface area contributed by atoms with E-state index in [9.17, 15) is 9.18 Å². The molecule has 0 heterocycles. The van der Waals surface area contributed by atoms with E-state index in [-0.39, 0.29) is 11.7 Å². The minimum Gasteiger partial charge on any atom is -0.481 e. The summed E-state index contributed by atoms with van der Waals surface area (Å²) >= 11 is 0. The molecule has 0 saturated heterocycles. The van der Waals surface area contributed by atoms with Crippen LogP contribution in [0.4, 0.5) is 10.1 Å². The molecule has 2 aromatic rings. The van der Waals surface area contributed by atoms with Crippen LogP contribution in [-0.2, 0) is 4.79 Å². The number of benzene rings is 2.